The lowest BCUT2D eigenvalue weighted by molar-refractivity contribution is -0.196. The van der Waals surface area contributed by atoms with Crippen molar-refractivity contribution in [2.45, 2.75) is 68.0 Å². The van der Waals surface area contributed by atoms with Crippen LogP contribution >= 0.6 is 11.8 Å². The van der Waals surface area contributed by atoms with Crippen LogP contribution in [0.3, 0.4) is 0 Å². The summed E-state index contributed by atoms with van der Waals surface area (Å²) >= 11 is 1.24. The zero-order valence-corrected chi connectivity index (χ0v) is 24.3. The molecule has 42 heavy (non-hydrogen) atoms. The number of esters is 3. The van der Waals surface area contributed by atoms with Crippen molar-refractivity contribution in [2.75, 3.05) is 26.9 Å². The van der Waals surface area contributed by atoms with Gasteiger partial charge in [0.15, 0.2) is 0 Å². The summed E-state index contributed by atoms with van der Waals surface area (Å²) in [6, 6.07) is 7.98. The second kappa shape index (κ2) is 14.5. The maximum atomic E-state index is 12.2. The quantitative estimate of drug-likeness (QED) is 0.127. The number of benzene rings is 1. The van der Waals surface area contributed by atoms with Crippen molar-refractivity contribution in [2.24, 2.45) is 5.11 Å². The van der Waals surface area contributed by atoms with Gasteiger partial charge in [-0.1, -0.05) is 40.7 Å². The molecule has 0 aliphatic carbocycles. The zero-order valence-electron chi connectivity index (χ0n) is 23.5. The van der Waals surface area contributed by atoms with Gasteiger partial charge in [0.05, 0.1) is 24.7 Å². The molecule has 8 atom stereocenters. The van der Waals surface area contributed by atoms with Gasteiger partial charge in [-0.05, 0) is 5.53 Å². The fourth-order valence-electron chi connectivity index (χ4n) is 4.90. The summed E-state index contributed by atoms with van der Waals surface area (Å²) in [6.07, 6.45) is -1.92. The smallest absolute Gasteiger partial charge is 0.303 e. The molecule has 0 bridgehead atoms. The van der Waals surface area contributed by atoms with E-state index in [9.17, 15) is 19.9 Å². The molecule has 226 valence electrons. The van der Waals surface area contributed by atoms with Crippen molar-refractivity contribution >= 4 is 29.7 Å². The van der Waals surface area contributed by atoms with E-state index in [1.807, 2.05) is 30.3 Å². The van der Waals surface area contributed by atoms with E-state index >= 15 is 0 Å². The van der Waals surface area contributed by atoms with Crippen LogP contribution < -0.4 is 0 Å². The van der Waals surface area contributed by atoms with E-state index in [0.717, 1.165) is 5.56 Å². The average Bonchev–Trinajstić information content (AvgIpc) is 3.45. The van der Waals surface area contributed by atoms with Gasteiger partial charge in [-0.3, -0.25) is 14.4 Å². The number of methoxy groups -OCH3 is 1. The Bertz CT molecular complexity index is 1290. The van der Waals surface area contributed by atoms with Gasteiger partial charge in [0.25, 0.3) is 0 Å². The molecule has 0 N–H and O–H groups in total. The van der Waals surface area contributed by atoms with E-state index in [-0.39, 0.29) is 19.8 Å². The van der Waals surface area contributed by atoms with Gasteiger partial charge in [0, 0.05) is 38.4 Å². The molecule has 0 spiro atoms. The van der Waals surface area contributed by atoms with Crippen molar-refractivity contribution < 1.29 is 42.8 Å². The average molecular weight is 605 g/mol. The predicted molar refractivity (Wildman–Crippen MR) is 147 cm³/mol. The Hall–Kier alpha value is -3.69. The number of carbonyl (C=O) groups is 3. The molecule has 0 radical (unpaired) electrons. The van der Waals surface area contributed by atoms with E-state index < -0.39 is 65.1 Å². The molecule has 0 saturated carbocycles. The summed E-state index contributed by atoms with van der Waals surface area (Å²) in [6.45, 7) is 3.87. The first kappa shape index (κ1) is 31.3. The highest BCUT2D eigenvalue weighted by Gasteiger charge is 2.51. The van der Waals surface area contributed by atoms with Crippen molar-refractivity contribution in [3.05, 3.63) is 47.0 Å². The molecule has 4 rings (SSSR count). The van der Waals surface area contributed by atoms with Gasteiger partial charge < -0.3 is 28.4 Å². The molecule has 1 aromatic carbocycles. The molecular weight excluding hydrogens is 572 g/mol. The number of hydrogen-bond acceptors (Lipinski definition) is 13. The molecule has 3 heterocycles. The molecule has 2 aliphatic heterocycles. The van der Waals surface area contributed by atoms with E-state index in [1.54, 1.807) is 10.9 Å². The number of thioether (sulfide) groups is 1. The molecule has 0 unspecified atom stereocenters. The Morgan fingerprint density at radius 3 is 2.43 bits per heavy atom. The summed E-state index contributed by atoms with van der Waals surface area (Å²) < 4.78 is 35.9. The van der Waals surface area contributed by atoms with E-state index in [2.05, 4.69) is 20.3 Å². The number of aromatic nitrogens is 3. The standard InChI is InChI=1S/C26H32N6O9S/c1-14(33)38-12-20-24(40-16(3)35)22(29-30-27)25(36-4)26(41-20)42-21-13-37-11-19(23(21)39-15(2)34)32-10-18(28-31-32)17-8-6-5-7-9-17/h5-10,19-26H,11-13H2,1-4H3/t19-,20+,21+,22-,23+,24-,25+,26-/m0/s1. The van der Waals surface area contributed by atoms with Gasteiger partial charge in [0.1, 0.15) is 54.2 Å². The first-order valence-electron chi connectivity index (χ1n) is 13.1. The minimum atomic E-state index is -1.09. The van der Waals surface area contributed by atoms with Crippen LogP contribution in [-0.4, -0.2) is 101 Å². The summed E-state index contributed by atoms with van der Waals surface area (Å²) in [5.74, 6) is -1.71. The molecular formula is C26H32N6O9S. The van der Waals surface area contributed by atoms with Crippen LogP contribution in [0, 0.1) is 0 Å². The van der Waals surface area contributed by atoms with Gasteiger partial charge in [-0.15, -0.1) is 16.9 Å². The van der Waals surface area contributed by atoms with Crippen LogP contribution in [0.15, 0.2) is 41.6 Å². The van der Waals surface area contributed by atoms with Crippen LogP contribution in [0.5, 0.6) is 0 Å². The monoisotopic (exact) mass is 604 g/mol. The molecule has 1 aromatic heterocycles. The van der Waals surface area contributed by atoms with E-state index in [0.29, 0.717) is 5.69 Å². The van der Waals surface area contributed by atoms with Crippen LogP contribution in [0.1, 0.15) is 26.8 Å². The molecule has 16 heteroatoms. The SMILES string of the molecule is CO[C@@H]1[C@@H](N=[N+]=[N-])[C@@H](OC(C)=O)[C@@H](COC(C)=O)O[C@H]1S[C@@H]1COC[C@H](n2cc(-c3ccccc3)nn2)[C@H]1OC(C)=O. The van der Waals surface area contributed by atoms with Crippen LogP contribution in [0.4, 0.5) is 0 Å². The number of rotatable bonds is 10. The van der Waals surface area contributed by atoms with E-state index in [1.165, 1.54) is 39.6 Å². The second-order valence-corrected chi connectivity index (χ2v) is 11.0. The van der Waals surface area contributed by atoms with Crippen molar-refractivity contribution in [3.8, 4) is 11.3 Å². The highest BCUT2D eigenvalue weighted by molar-refractivity contribution is 8.00. The van der Waals surface area contributed by atoms with Gasteiger partial charge in [0.2, 0.25) is 0 Å². The first-order chi connectivity index (χ1) is 20.2. The Morgan fingerprint density at radius 2 is 1.79 bits per heavy atom. The summed E-state index contributed by atoms with van der Waals surface area (Å²) in [5, 5.41) is 11.9. The maximum Gasteiger partial charge on any atom is 0.303 e. The molecule has 0 amide bonds. The lowest BCUT2D eigenvalue weighted by atomic mass is 9.97. The predicted octanol–water partition coefficient (Wildman–Crippen LogP) is 2.46. The molecule has 2 aromatic rings. The zero-order chi connectivity index (χ0) is 30.2. The van der Waals surface area contributed by atoms with Crippen molar-refractivity contribution in [1.29, 1.82) is 0 Å². The minimum absolute atomic E-state index is 0.184. The Morgan fingerprint density at radius 1 is 1.07 bits per heavy atom. The minimum Gasteiger partial charge on any atom is -0.463 e. The fraction of sp³-hybridized carbons (Fsp3) is 0.577. The molecule has 2 aliphatic rings. The number of carbonyl (C=O) groups excluding carboxylic acids is 3. The normalized spacial score (nSPS) is 29.1. The summed E-state index contributed by atoms with van der Waals surface area (Å²) in [4.78, 5) is 38.6. The Kier molecular flexibility index (Phi) is 10.8. The van der Waals surface area contributed by atoms with E-state index in [4.69, 9.17) is 28.4 Å². The maximum absolute atomic E-state index is 12.2. The molecule has 2 fully saturated rings. The Labute approximate surface area is 245 Å². The van der Waals surface area contributed by atoms with Gasteiger partial charge in [-0.2, -0.15) is 0 Å². The third-order valence-corrected chi connectivity index (χ3v) is 8.08. The van der Waals surface area contributed by atoms with Crippen molar-refractivity contribution in [3.63, 3.8) is 0 Å². The van der Waals surface area contributed by atoms with Gasteiger partial charge >= 0.3 is 17.9 Å². The number of nitrogens with zero attached hydrogens (tertiary/aromatic N) is 6. The third-order valence-electron chi connectivity index (χ3n) is 6.67. The highest BCUT2D eigenvalue weighted by Crippen LogP contribution is 2.40. The highest BCUT2D eigenvalue weighted by atomic mass is 32.2. The summed E-state index contributed by atoms with van der Waals surface area (Å²) in [7, 11) is 1.41. The number of azide groups is 1. The van der Waals surface area contributed by atoms with Crippen LogP contribution in [-0.2, 0) is 42.8 Å². The van der Waals surface area contributed by atoms with Gasteiger partial charge in [-0.25, -0.2) is 4.68 Å². The second-order valence-electron chi connectivity index (χ2n) is 9.62. The molecule has 2 saturated heterocycles. The molecule has 15 nitrogen and oxygen atoms in total. The van der Waals surface area contributed by atoms with Crippen molar-refractivity contribution in [1.82, 2.24) is 15.0 Å². The number of ether oxygens (including phenoxy) is 6. The first-order valence-corrected chi connectivity index (χ1v) is 14.1. The lowest BCUT2D eigenvalue weighted by Gasteiger charge is -2.45. The number of hydrogen-bond donors (Lipinski definition) is 0. The van der Waals surface area contributed by atoms with Crippen LogP contribution in [0.25, 0.3) is 21.7 Å². The largest absolute Gasteiger partial charge is 0.463 e. The fourth-order valence-corrected chi connectivity index (χ4v) is 6.45. The third kappa shape index (κ3) is 7.57. The topological polar surface area (TPSA) is 186 Å². The summed E-state index contributed by atoms with van der Waals surface area (Å²) in [5.41, 5.74) is 10.0. The Balaban J connectivity index is 1.62. The lowest BCUT2D eigenvalue weighted by Crippen LogP contribution is -2.60. The van der Waals surface area contributed by atoms with Crippen LogP contribution in [0.2, 0.25) is 0 Å².